The molecular weight excluding hydrogens is 1140 g/mol. The van der Waals surface area contributed by atoms with E-state index in [4.69, 9.17) is 20.3 Å². The lowest BCUT2D eigenvalue weighted by molar-refractivity contribution is -0.172. The van der Waals surface area contributed by atoms with Crippen LogP contribution in [0.2, 0.25) is 0 Å². The van der Waals surface area contributed by atoms with Gasteiger partial charge in [-0.05, 0) is 69.2 Å². The number of halogens is 2. The van der Waals surface area contributed by atoms with Crippen LogP contribution in [0.15, 0.2) is 218 Å². The van der Waals surface area contributed by atoms with Gasteiger partial charge < -0.3 is 18.9 Å². The summed E-state index contributed by atoms with van der Waals surface area (Å²) in [6.07, 6.45) is 0.182. The molecule has 12 nitrogen and oxygen atoms in total. The van der Waals surface area contributed by atoms with E-state index in [0.717, 1.165) is 22.0 Å². The third-order valence-corrected chi connectivity index (χ3v) is 13.7. The molecule has 8 aromatic rings. The highest BCUT2D eigenvalue weighted by Crippen LogP contribution is 2.33. The largest absolute Gasteiger partial charge is 0.465 e. The molecule has 8 aromatic carbocycles. The lowest BCUT2D eigenvalue weighted by Gasteiger charge is -2.29. The average Bonchev–Trinajstić information content (AvgIpc) is 1.80. The maximum absolute atomic E-state index is 13.5. The Morgan fingerprint density at radius 3 is 0.859 bits per heavy atom. The van der Waals surface area contributed by atoms with Crippen molar-refractivity contribution < 1.29 is 63.1 Å². The first kappa shape index (κ1) is 64.9. The van der Waals surface area contributed by atoms with Crippen LogP contribution in [0.5, 0.6) is 0 Å². The van der Waals surface area contributed by atoms with Crippen molar-refractivity contribution >= 4 is 62.9 Å². The number of esters is 4. The van der Waals surface area contributed by atoms with E-state index >= 15 is 0 Å². The number of hydrogen-bond donors (Lipinski definition) is 0. The zero-order chi connectivity index (χ0) is 62.3. The summed E-state index contributed by atoms with van der Waals surface area (Å²) in [6.45, 7) is 7.31. The van der Waals surface area contributed by atoms with Crippen molar-refractivity contribution in [1.29, 1.82) is 0 Å². The Morgan fingerprint density at radius 1 is 0.376 bits per heavy atom. The molecule has 14 heteroatoms. The van der Waals surface area contributed by atoms with E-state index in [1.807, 2.05) is 84.9 Å². The van der Waals surface area contributed by atoms with Crippen LogP contribution in [0.1, 0.15) is 115 Å². The Hall–Kier alpha value is -9.27. The summed E-state index contributed by atoms with van der Waals surface area (Å²) >= 11 is 3.38. The van der Waals surface area contributed by atoms with Crippen LogP contribution in [0.25, 0.3) is 0 Å². The minimum atomic E-state index is -1.66. The van der Waals surface area contributed by atoms with Crippen LogP contribution < -0.4 is 0 Å². The number of benzene rings is 8. The summed E-state index contributed by atoms with van der Waals surface area (Å²) in [6, 6.07) is 64.5. The van der Waals surface area contributed by atoms with Crippen molar-refractivity contribution in [3.8, 4) is 0 Å². The summed E-state index contributed by atoms with van der Waals surface area (Å²) < 4.78 is 36.3. The SMILES string of the molecule is CCOC(=O)C(Cc1ccc(C(=O)c2ccccc2)cc1)(Cc1ccc(C(=O)c2ccccc2)cc1)C(=O)OCC.CCOC(=O)C(Cc1ccc(C(=O)c2ccccc2)cc1)C(=O)OCC.O=C(c1ccccc1)c1ccc(CBr)cc1.[2H]CF. The molecule has 0 saturated carbocycles. The first-order chi connectivity index (χ1) is 41.7. The van der Waals surface area contributed by atoms with Crippen molar-refractivity contribution in [2.75, 3.05) is 33.6 Å². The lowest BCUT2D eigenvalue weighted by atomic mass is 9.76. The number of hydrogen-bond acceptors (Lipinski definition) is 12. The molecule has 0 aromatic heterocycles. The number of ether oxygens (including phenoxy) is 4. The molecular formula is C71H68BrFO12. The zero-order valence-corrected chi connectivity index (χ0v) is 49.5. The van der Waals surface area contributed by atoms with Gasteiger partial charge in [-0.25, -0.2) is 0 Å². The minimum absolute atomic E-state index is 0.00910. The van der Waals surface area contributed by atoms with Crippen molar-refractivity contribution in [2.24, 2.45) is 11.3 Å². The molecule has 0 heterocycles. The van der Waals surface area contributed by atoms with Gasteiger partial charge in [-0.3, -0.25) is 42.7 Å². The number of carbonyl (C=O) groups is 8. The molecule has 438 valence electrons. The molecule has 0 amide bonds. The molecule has 0 spiro atoms. The molecule has 0 N–H and O–H groups in total. The molecule has 0 atom stereocenters. The van der Waals surface area contributed by atoms with Crippen molar-refractivity contribution in [3.05, 3.63) is 285 Å². The van der Waals surface area contributed by atoms with Crippen LogP contribution in [0.3, 0.4) is 0 Å². The molecule has 0 saturated heterocycles. The Labute approximate surface area is 505 Å². The van der Waals surface area contributed by atoms with Gasteiger partial charge in [0, 0.05) is 49.8 Å². The average molecular weight is 1210 g/mol. The minimum Gasteiger partial charge on any atom is -0.465 e. The van der Waals surface area contributed by atoms with E-state index in [1.54, 1.807) is 161 Å². The highest BCUT2D eigenvalue weighted by molar-refractivity contribution is 9.08. The number of ketones is 4. The zero-order valence-electron chi connectivity index (χ0n) is 48.9. The fourth-order valence-electron chi connectivity index (χ4n) is 8.76. The van der Waals surface area contributed by atoms with Crippen LogP contribution >= 0.6 is 15.9 Å². The van der Waals surface area contributed by atoms with Crippen LogP contribution in [0.4, 0.5) is 4.39 Å². The molecule has 0 aliphatic heterocycles. The van der Waals surface area contributed by atoms with Gasteiger partial charge in [0.1, 0.15) is 0 Å². The monoisotopic (exact) mass is 1210 g/mol. The molecule has 8 rings (SSSR count). The van der Waals surface area contributed by atoms with Gasteiger partial charge in [0.05, 0.1) is 35.0 Å². The molecule has 0 radical (unpaired) electrons. The summed E-state index contributed by atoms with van der Waals surface area (Å²) in [5.41, 5.74) is 6.35. The summed E-state index contributed by atoms with van der Waals surface area (Å²) in [7, 11) is -1.00. The van der Waals surface area contributed by atoms with E-state index in [-0.39, 0.29) is 68.8 Å². The second-order valence-electron chi connectivity index (χ2n) is 18.8. The fourth-order valence-corrected chi connectivity index (χ4v) is 9.14. The van der Waals surface area contributed by atoms with Crippen LogP contribution in [-0.2, 0) is 62.7 Å². The maximum Gasteiger partial charge on any atom is 0.324 e. The highest BCUT2D eigenvalue weighted by atomic mass is 79.9. The number of alkyl halides is 2. The molecule has 0 unspecified atom stereocenters. The Kier molecular flexibility index (Phi) is 26.7. The van der Waals surface area contributed by atoms with Crippen molar-refractivity contribution in [2.45, 2.75) is 52.3 Å². The fraction of sp³-hybridized carbons (Fsp3) is 0.211. The second-order valence-corrected chi connectivity index (χ2v) is 19.4. The van der Waals surface area contributed by atoms with Gasteiger partial charge in [-0.1, -0.05) is 234 Å². The van der Waals surface area contributed by atoms with Gasteiger partial charge in [0.15, 0.2) is 34.5 Å². The topological polar surface area (TPSA) is 173 Å². The first-order valence-electron chi connectivity index (χ1n) is 28.2. The first-order valence-corrected chi connectivity index (χ1v) is 28.6. The van der Waals surface area contributed by atoms with E-state index in [0.29, 0.717) is 44.5 Å². The van der Waals surface area contributed by atoms with E-state index in [9.17, 15) is 42.7 Å². The third-order valence-electron chi connectivity index (χ3n) is 13.1. The van der Waals surface area contributed by atoms with E-state index in [2.05, 4.69) is 15.9 Å². The van der Waals surface area contributed by atoms with Crippen molar-refractivity contribution in [1.82, 2.24) is 0 Å². The molecule has 0 fully saturated rings. The smallest absolute Gasteiger partial charge is 0.324 e. The maximum atomic E-state index is 13.5. The highest BCUT2D eigenvalue weighted by Gasteiger charge is 2.49. The lowest BCUT2D eigenvalue weighted by Crippen LogP contribution is -2.45. The van der Waals surface area contributed by atoms with Crippen LogP contribution in [-0.4, -0.2) is 80.6 Å². The Balaban J connectivity index is 0.000000254. The van der Waals surface area contributed by atoms with E-state index < -0.39 is 42.4 Å². The number of rotatable bonds is 23. The standard InChI is InChI=1S/C35H32O6.C21H22O5.C14H11BrO.CH3F/c1-3-40-33(38)35(34(39)41-4-2,23-25-15-19-29(20-16-25)31(36)27-11-7-5-8-12-27)24-26-17-21-30(22-18-26)32(37)28-13-9-6-10-14-28;1-3-25-20(23)18(21(24)26-4-2)14-15-10-12-17(13-11-15)19(22)16-8-6-5-7-9-16;15-10-11-6-8-13(9-7-11)14(16)12-4-2-1-3-5-12;1-2/h5-22H,3-4,23-24H2,1-2H3;5-13,18H,3-4,14H2,1-2H3;1-9H,10H2;1H3/i;;;1D. The summed E-state index contributed by atoms with van der Waals surface area (Å²) in [5, 5.41) is 0.812. The summed E-state index contributed by atoms with van der Waals surface area (Å²) in [5.74, 6) is -3.84. The summed E-state index contributed by atoms with van der Waals surface area (Å²) in [4.78, 5) is 101. The van der Waals surface area contributed by atoms with Gasteiger partial charge in [-0.15, -0.1) is 0 Å². The predicted octanol–water partition coefficient (Wildman–Crippen LogP) is 13.6. The van der Waals surface area contributed by atoms with Gasteiger partial charge in [0.2, 0.25) is 0 Å². The molecule has 85 heavy (non-hydrogen) atoms. The molecule has 0 aliphatic rings. The second kappa shape index (κ2) is 35.0. The van der Waals surface area contributed by atoms with E-state index in [1.165, 1.54) is 5.56 Å². The molecule has 0 bridgehead atoms. The van der Waals surface area contributed by atoms with Gasteiger partial charge >= 0.3 is 23.9 Å². The Bertz CT molecular complexity index is 3300. The Morgan fingerprint density at radius 2 is 0.612 bits per heavy atom. The normalized spacial score (nSPS) is 10.6. The van der Waals surface area contributed by atoms with Crippen molar-refractivity contribution in [3.63, 3.8) is 0 Å². The van der Waals surface area contributed by atoms with Gasteiger partial charge in [0.25, 0.3) is 0 Å². The quantitative estimate of drug-likeness (QED) is 0.0195. The van der Waals surface area contributed by atoms with Gasteiger partial charge in [-0.2, -0.15) is 0 Å². The predicted molar refractivity (Wildman–Crippen MR) is 328 cm³/mol. The third kappa shape index (κ3) is 19.4. The molecule has 0 aliphatic carbocycles. The van der Waals surface area contributed by atoms with Crippen LogP contribution in [0, 0.1) is 11.3 Å². The number of carbonyl (C=O) groups excluding carboxylic acids is 8.